The highest BCUT2D eigenvalue weighted by molar-refractivity contribution is 5.76. The summed E-state index contributed by atoms with van der Waals surface area (Å²) in [5, 5.41) is 11.2. The molecule has 1 heterocycles. The van der Waals surface area contributed by atoms with Crippen LogP contribution in [0.1, 0.15) is 19.8 Å². The summed E-state index contributed by atoms with van der Waals surface area (Å²) < 4.78 is 32.3. The molecule has 1 aliphatic carbocycles. The number of benzene rings is 2. The normalized spacial score (nSPS) is 16.6. The summed E-state index contributed by atoms with van der Waals surface area (Å²) in [6.07, 6.45) is 1.14. The number of halogens is 2. The molecule has 0 bridgehead atoms. The van der Waals surface area contributed by atoms with Crippen LogP contribution in [0.15, 0.2) is 82.4 Å². The average Bonchev–Trinajstić information content (AvgIpc) is 3.24. The zero-order valence-corrected chi connectivity index (χ0v) is 18.9. The minimum atomic E-state index is -0.551. The second kappa shape index (κ2) is 9.07. The lowest BCUT2D eigenvalue weighted by Crippen LogP contribution is -2.34. The standard InChI is InChI=1S/C25H26F2N6/c1-6-15(2)17-14-22(32(4)5)25(28-3)23(27)24(17)29-19-12-11-16(13-18(19)26)33-21-10-8-7-9-20(21)30-31-33/h7-13,22,29H,2-3,6,14H2,1,4-5H3. The first-order valence-electron chi connectivity index (χ1n) is 10.7. The fraction of sp³-hybridized carbons (Fsp3) is 0.240. The Morgan fingerprint density at radius 2 is 2.00 bits per heavy atom. The number of nitrogens with zero attached hydrogens (tertiary/aromatic N) is 5. The van der Waals surface area contributed by atoms with Crippen LogP contribution < -0.4 is 5.32 Å². The van der Waals surface area contributed by atoms with E-state index in [-0.39, 0.29) is 23.1 Å². The Hall–Kier alpha value is -3.65. The third-order valence-electron chi connectivity index (χ3n) is 5.92. The molecule has 0 spiro atoms. The van der Waals surface area contributed by atoms with E-state index in [1.165, 1.54) is 6.07 Å². The number of likely N-dealkylation sites (N-methyl/N-ethyl adjacent to an activating group) is 1. The molecule has 6 nitrogen and oxygen atoms in total. The maximum atomic E-state index is 15.6. The molecule has 170 valence electrons. The molecule has 33 heavy (non-hydrogen) atoms. The monoisotopic (exact) mass is 448 g/mol. The van der Waals surface area contributed by atoms with Gasteiger partial charge in [0.05, 0.1) is 34.3 Å². The van der Waals surface area contributed by atoms with Crippen LogP contribution in [0.4, 0.5) is 14.5 Å². The molecule has 1 unspecified atom stereocenters. The molecule has 1 aliphatic rings. The number of anilines is 1. The summed E-state index contributed by atoms with van der Waals surface area (Å²) in [5.41, 5.74) is 4.03. The molecule has 0 fully saturated rings. The molecule has 0 saturated heterocycles. The lowest BCUT2D eigenvalue weighted by molar-refractivity contribution is 0.315. The van der Waals surface area contributed by atoms with E-state index in [1.54, 1.807) is 16.8 Å². The first kappa shape index (κ1) is 22.5. The molecular weight excluding hydrogens is 422 g/mol. The number of nitrogens with one attached hydrogen (secondary N) is 1. The maximum Gasteiger partial charge on any atom is 0.169 e. The van der Waals surface area contributed by atoms with Crippen LogP contribution in [0, 0.1) is 5.82 Å². The predicted molar refractivity (Wildman–Crippen MR) is 129 cm³/mol. The first-order chi connectivity index (χ1) is 15.8. The summed E-state index contributed by atoms with van der Waals surface area (Å²) >= 11 is 0. The number of aromatic nitrogens is 3. The molecule has 2 aromatic carbocycles. The molecule has 1 aromatic heterocycles. The van der Waals surface area contributed by atoms with Crippen LogP contribution in [-0.4, -0.2) is 46.7 Å². The molecular formula is C25H26F2N6. The van der Waals surface area contributed by atoms with E-state index in [9.17, 15) is 0 Å². The van der Waals surface area contributed by atoms with Crippen molar-refractivity contribution >= 4 is 23.4 Å². The Bertz CT molecular complexity index is 1300. The van der Waals surface area contributed by atoms with E-state index in [0.29, 0.717) is 29.6 Å². The zero-order valence-electron chi connectivity index (χ0n) is 18.9. The van der Waals surface area contributed by atoms with Crippen molar-refractivity contribution in [3.8, 4) is 5.69 Å². The topological polar surface area (TPSA) is 58.3 Å². The van der Waals surface area contributed by atoms with Gasteiger partial charge < -0.3 is 10.2 Å². The van der Waals surface area contributed by atoms with Gasteiger partial charge in [0.2, 0.25) is 0 Å². The third-order valence-corrected chi connectivity index (χ3v) is 5.92. The second-order valence-corrected chi connectivity index (χ2v) is 8.13. The molecule has 8 heteroatoms. The van der Waals surface area contributed by atoms with Crippen molar-refractivity contribution < 1.29 is 8.78 Å². The lowest BCUT2D eigenvalue weighted by Gasteiger charge is -2.32. The number of allylic oxidation sites excluding steroid dienone is 2. The van der Waals surface area contributed by atoms with Crippen LogP contribution in [0.5, 0.6) is 0 Å². The maximum absolute atomic E-state index is 15.6. The fourth-order valence-electron chi connectivity index (χ4n) is 4.00. The third kappa shape index (κ3) is 4.09. The number of hydrogen-bond acceptors (Lipinski definition) is 5. The summed E-state index contributed by atoms with van der Waals surface area (Å²) in [5.74, 6) is -1.10. The molecule has 0 aliphatic heterocycles. The predicted octanol–water partition coefficient (Wildman–Crippen LogP) is 5.41. The van der Waals surface area contributed by atoms with Crippen molar-refractivity contribution in [1.82, 2.24) is 19.9 Å². The fourth-order valence-corrected chi connectivity index (χ4v) is 4.00. The van der Waals surface area contributed by atoms with Gasteiger partial charge in [-0.1, -0.05) is 36.4 Å². The Kier molecular flexibility index (Phi) is 6.20. The lowest BCUT2D eigenvalue weighted by atomic mass is 9.88. The largest absolute Gasteiger partial charge is 0.350 e. The van der Waals surface area contributed by atoms with Crippen LogP contribution >= 0.6 is 0 Å². The van der Waals surface area contributed by atoms with Gasteiger partial charge in [0.1, 0.15) is 11.3 Å². The van der Waals surface area contributed by atoms with Crippen molar-refractivity contribution in [3.05, 3.63) is 83.2 Å². The summed E-state index contributed by atoms with van der Waals surface area (Å²) in [6.45, 7) is 9.60. The molecule has 1 atom stereocenters. The van der Waals surface area contributed by atoms with Gasteiger partial charge in [-0.3, -0.25) is 4.99 Å². The molecule has 0 saturated carbocycles. The average molecular weight is 449 g/mol. The van der Waals surface area contributed by atoms with Gasteiger partial charge in [0, 0.05) is 6.07 Å². The zero-order chi connectivity index (χ0) is 23.7. The van der Waals surface area contributed by atoms with Gasteiger partial charge in [0.15, 0.2) is 5.83 Å². The van der Waals surface area contributed by atoms with Gasteiger partial charge in [-0.25, -0.2) is 13.5 Å². The number of rotatable bonds is 7. The van der Waals surface area contributed by atoms with Gasteiger partial charge in [-0.05, 0) is 63.5 Å². The minimum Gasteiger partial charge on any atom is -0.350 e. The van der Waals surface area contributed by atoms with Gasteiger partial charge in [0.25, 0.3) is 0 Å². The van der Waals surface area contributed by atoms with Crippen molar-refractivity contribution in [3.63, 3.8) is 0 Å². The van der Waals surface area contributed by atoms with E-state index in [2.05, 4.69) is 33.9 Å². The number of fused-ring (bicyclic) bond motifs is 1. The van der Waals surface area contributed by atoms with Crippen LogP contribution in [0.2, 0.25) is 0 Å². The van der Waals surface area contributed by atoms with E-state index >= 15 is 8.78 Å². The Morgan fingerprint density at radius 1 is 1.24 bits per heavy atom. The highest BCUT2D eigenvalue weighted by Crippen LogP contribution is 2.38. The molecule has 3 aromatic rings. The summed E-state index contributed by atoms with van der Waals surface area (Å²) in [4.78, 5) is 5.83. The van der Waals surface area contributed by atoms with Crippen molar-refractivity contribution in [2.24, 2.45) is 4.99 Å². The smallest absolute Gasteiger partial charge is 0.169 e. The number of aliphatic imine (C=N–C) groups is 1. The Labute approximate surface area is 191 Å². The van der Waals surface area contributed by atoms with Gasteiger partial charge in [-0.15, -0.1) is 5.10 Å². The van der Waals surface area contributed by atoms with E-state index in [1.807, 2.05) is 50.2 Å². The SMILES string of the molecule is C=NC1=C(F)C(Nc2ccc(-n3nnc4ccccc43)cc2F)=C(C(=C)CC)CC1N(C)C. The second-order valence-electron chi connectivity index (χ2n) is 8.13. The number of hydrogen-bond donors (Lipinski definition) is 1. The molecule has 1 N–H and O–H groups in total. The van der Waals surface area contributed by atoms with E-state index in [0.717, 1.165) is 11.1 Å². The minimum absolute atomic E-state index is 0.140. The van der Waals surface area contributed by atoms with Crippen LogP contribution in [0.25, 0.3) is 16.7 Å². The molecule has 0 amide bonds. The molecule has 4 rings (SSSR count). The highest BCUT2D eigenvalue weighted by atomic mass is 19.1. The van der Waals surface area contributed by atoms with Crippen molar-refractivity contribution in [1.29, 1.82) is 0 Å². The Morgan fingerprint density at radius 3 is 2.67 bits per heavy atom. The first-order valence-corrected chi connectivity index (χ1v) is 10.7. The van der Waals surface area contributed by atoms with E-state index < -0.39 is 11.6 Å². The van der Waals surface area contributed by atoms with Crippen LogP contribution in [-0.2, 0) is 0 Å². The molecule has 0 radical (unpaired) electrons. The van der Waals surface area contributed by atoms with Gasteiger partial charge in [-0.2, -0.15) is 0 Å². The summed E-state index contributed by atoms with van der Waals surface area (Å²) in [6, 6.07) is 11.8. The quantitative estimate of drug-likeness (QED) is 0.491. The summed E-state index contributed by atoms with van der Waals surface area (Å²) in [7, 11) is 3.72. The highest BCUT2D eigenvalue weighted by Gasteiger charge is 2.32. The van der Waals surface area contributed by atoms with E-state index in [4.69, 9.17) is 0 Å². The number of para-hydroxylation sites is 1. The van der Waals surface area contributed by atoms with Crippen molar-refractivity contribution in [2.45, 2.75) is 25.8 Å². The van der Waals surface area contributed by atoms with Crippen LogP contribution in [0.3, 0.4) is 0 Å². The van der Waals surface area contributed by atoms with Gasteiger partial charge >= 0.3 is 0 Å². The Balaban J connectivity index is 1.74. The van der Waals surface area contributed by atoms with Crippen molar-refractivity contribution in [2.75, 3.05) is 19.4 Å².